The van der Waals surface area contributed by atoms with E-state index in [-0.39, 0.29) is 0 Å². The van der Waals surface area contributed by atoms with Gasteiger partial charge in [0, 0.05) is 4.90 Å². The number of hydrogen-bond donors (Lipinski definition) is 0. The number of aryl methyl sites for hydroxylation is 1. The van der Waals surface area contributed by atoms with Gasteiger partial charge in [-0.15, -0.1) is 18.2 Å². The summed E-state index contributed by atoms with van der Waals surface area (Å²) in [6.45, 7) is 7.17. The Bertz CT molecular complexity index is 437. The first-order chi connectivity index (χ1) is 7.50. The quantitative estimate of drug-likeness (QED) is 0.541. The number of terminal acetylenes is 1. The summed E-state index contributed by atoms with van der Waals surface area (Å²) in [4.78, 5) is 1.43. The second kappa shape index (κ2) is 4.31. The first-order valence-corrected chi connectivity index (χ1v) is 10.1. The van der Waals surface area contributed by atoms with Gasteiger partial charge in [0.1, 0.15) is 0 Å². The third kappa shape index (κ3) is 2.36. The first-order valence-electron chi connectivity index (χ1n) is 5.77. The molecule has 16 heavy (non-hydrogen) atoms. The molecule has 0 aliphatic carbocycles. The lowest BCUT2D eigenvalue weighted by Crippen LogP contribution is -2.37. The monoisotopic (exact) mass is 246 g/mol. The van der Waals surface area contributed by atoms with E-state index in [2.05, 4.69) is 43.8 Å². The SMILES string of the molecule is C#CC1CCc2ccc([Si](C)(C)C)cc2S1. The summed E-state index contributed by atoms with van der Waals surface area (Å²) in [6, 6.07) is 7.01. The van der Waals surface area contributed by atoms with Crippen LogP contribution >= 0.6 is 11.8 Å². The fourth-order valence-electron chi connectivity index (χ4n) is 1.95. The molecule has 1 heterocycles. The fourth-order valence-corrected chi connectivity index (χ4v) is 4.35. The minimum absolute atomic E-state index is 0.379. The normalized spacial score (nSPS) is 20.0. The van der Waals surface area contributed by atoms with Crippen LogP contribution < -0.4 is 5.19 Å². The molecule has 1 atom stereocenters. The molecule has 1 aliphatic heterocycles. The van der Waals surface area contributed by atoms with Crippen LogP contribution in [0.5, 0.6) is 0 Å². The molecule has 1 aliphatic rings. The van der Waals surface area contributed by atoms with Gasteiger partial charge in [0.15, 0.2) is 0 Å². The summed E-state index contributed by atoms with van der Waals surface area (Å²) in [5, 5.41) is 1.92. The van der Waals surface area contributed by atoms with Crippen molar-refractivity contribution in [1.82, 2.24) is 0 Å². The van der Waals surface area contributed by atoms with E-state index in [4.69, 9.17) is 6.42 Å². The molecule has 0 spiro atoms. The standard InChI is InChI=1S/C14H18SSi/c1-5-12-8-6-11-7-9-13(16(2,3)4)10-14(11)15-12/h1,7,9-10,12H,6,8H2,2-4H3. The van der Waals surface area contributed by atoms with Gasteiger partial charge < -0.3 is 0 Å². The van der Waals surface area contributed by atoms with Gasteiger partial charge in [0.05, 0.1) is 13.3 Å². The lowest BCUT2D eigenvalue weighted by atomic mass is 10.1. The highest BCUT2D eigenvalue weighted by Crippen LogP contribution is 2.34. The van der Waals surface area contributed by atoms with E-state index in [0.29, 0.717) is 5.25 Å². The van der Waals surface area contributed by atoms with Crippen molar-refractivity contribution in [3.8, 4) is 12.3 Å². The van der Waals surface area contributed by atoms with Crippen molar-refractivity contribution in [3.63, 3.8) is 0 Å². The average molecular weight is 246 g/mol. The summed E-state index contributed by atoms with van der Waals surface area (Å²) in [6.07, 6.45) is 7.79. The van der Waals surface area contributed by atoms with E-state index in [1.54, 1.807) is 0 Å². The van der Waals surface area contributed by atoms with E-state index in [0.717, 1.165) is 12.8 Å². The van der Waals surface area contributed by atoms with Crippen molar-refractivity contribution >= 4 is 25.0 Å². The Morgan fingerprint density at radius 3 is 2.75 bits per heavy atom. The van der Waals surface area contributed by atoms with Gasteiger partial charge in [0.2, 0.25) is 0 Å². The van der Waals surface area contributed by atoms with E-state index < -0.39 is 8.07 Å². The highest BCUT2D eigenvalue weighted by Gasteiger charge is 2.21. The molecule has 0 saturated heterocycles. The third-order valence-electron chi connectivity index (χ3n) is 3.06. The van der Waals surface area contributed by atoms with Gasteiger partial charge in [-0.1, -0.05) is 42.9 Å². The van der Waals surface area contributed by atoms with Gasteiger partial charge in [0.25, 0.3) is 0 Å². The molecule has 0 amide bonds. The molecule has 2 rings (SSSR count). The predicted molar refractivity (Wildman–Crippen MR) is 76.2 cm³/mol. The lowest BCUT2D eigenvalue weighted by molar-refractivity contribution is 0.834. The zero-order chi connectivity index (χ0) is 11.8. The largest absolute Gasteiger partial charge is 0.119 e. The molecule has 1 aromatic rings. The Morgan fingerprint density at radius 2 is 2.12 bits per heavy atom. The number of fused-ring (bicyclic) bond motifs is 1. The van der Waals surface area contributed by atoms with Crippen LogP contribution in [0.4, 0.5) is 0 Å². The summed E-state index contributed by atoms with van der Waals surface area (Å²) in [5.74, 6) is 2.88. The zero-order valence-corrected chi connectivity index (χ0v) is 12.0. The Kier molecular flexibility index (Phi) is 3.19. The van der Waals surface area contributed by atoms with Crippen molar-refractivity contribution in [2.24, 2.45) is 0 Å². The molecule has 1 aromatic carbocycles. The smallest absolute Gasteiger partial charge is 0.0776 e. The van der Waals surface area contributed by atoms with Crippen LogP contribution in [0.3, 0.4) is 0 Å². The van der Waals surface area contributed by atoms with Crippen LogP contribution in [0.1, 0.15) is 12.0 Å². The van der Waals surface area contributed by atoms with E-state index in [1.807, 2.05) is 11.8 Å². The maximum absolute atomic E-state index is 5.52. The summed E-state index contributed by atoms with van der Waals surface area (Å²) in [7, 11) is -1.19. The highest BCUT2D eigenvalue weighted by atomic mass is 32.2. The van der Waals surface area contributed by atoms with Gasteiger partial charge in [-0.2, -0.15) is 0 Å². The summed E-state index contributed by atoms with van der Waals surface area (Å²) < 4.78 is 0. The van der Waals surface area contributed by atoms with Crippen molar-refractivity contribution in [1.29, 1.82) is 0 Å². The molecule has 0 bridgehead atoms. The average Bonchev–Trinajstić information content (AvgIpc) is 2.26. The van der Waals surface area contributed by atoms with E-state index in [9.17, 15) is 0 Å². The second-order valence-electron chi connectivity index (χ2n) is 5.38. The Balaban J connectivity index is 2.35. The van der Waals surface area contributed by atoms with E-state index in [1.165, 1.54) is 15.6 Å². The molecule has 2 heteroatoms. The Morgan fingerprint density at radius 1 is 1.38 bits per heavy atom. The number of benzene rings is 1. The van der Waals surface area contributed by atoms with E-state index >= 15 is 0 Å². The minimum Gasteiger partial charge on any atom is -0.119 e. The molecule has 0 aromatic heterocycles. The number of thioether (sulfide) groups is 1. The Labute approximate surface area is 104 Å². The molecule has 84 valence electrons. The molecule has 0 fully saturated rings. The van der Waals surface area contributed by atoms with Crippen molar-refractivity contribution in [2.45, 2.75) is 42.6 Å². The molecule has 0 N–H and O–H groups in total. The maximum Gasteiger partial charge on any atom is 0.0776 e. The van der Waals surface area contributed by atoms with Crippen LogP contribution in [-0.4, -0.2) is 13.3 Å². The second-order valence-corrected chi connectivity index (χ2v) is 11.7. The number of rotatable bonds is 1. The van der Waals surface area contributed by atoms with Crippen LogP contribution in [0, 0.1) is 12.3 Å². The van der Waals surface area contributed by atoms with Crippen LogP contribution in [-0.2, 0) is 6.42 Å². The number of hydrogen-bond acceptors (Lipinski definition) is 1. The van der Waals surface area contributed by atoms with Gasteiger partial charge >= 0.3 is 0 Å². The lowest BCUT2D eigenvalue weighted by Gasteiger charge is -2.24. The van der Waals surface area contributed by atoms with Gasteiger partial charge in [-0.3, -0.25) is 0 Å². The molecular weight excluding hydrogens is 228 g/mol. The zero-order valence-electron chi connectivity index (χ0n) is 10.2. The first kappa shape index (κ1) is 11.8. The molecular formula is C14H18SSi. The van der Waals surface area contributed by atoms with Crippen LogP contribution in [0.15, 0.2) is 23.1 Å². The van der Waals surface area contributed by atoms with Crippen molar-refractivity contribution < 1.29 is 0 Å². The maximum atomic E-state index is 5.52. The molecule has 0 nitrogen and oxygen atoms in total. The molecule has 1 unspecified atom stereocenters. The molecule has 0 saturated carbocycles. The summed E-state index contributed by atoms with van der Waals surface area (Å²) >= 11 is 1.87. The predicted octanol–water partition coefficient (Wildman–Crippen LogP) is 3.27. The van der Waals surface area contributed by atoms with Crippen LogP contribution in [0.25, 0.3) is 0 Å². The topological polar surface area (TPSA) is 0 Å². The van der Waals surface area contributed by atoms with Gasteiger partial charge in [-0.25, -0.2) is 0 Å². The summed E-state index contributed by atoms with van der Waals surface area (Å²) in [5.41, 5.74) is 1.48. The van der Waals surface area contributed by atoms with Gasteiger partial charge in [-0.05, 0) is 24.5 Å². The van der Waals surface area contributed by atoms with Crippen molar-refractivity contribution in [2.75, 3.05) is 0 Å². The highest BCUT2D eigenvalue weighted by molar-refractivity contribution is 8.00. The van der Waals surface area contributed by atoms with Crippen molar-refractivity contribution in [3.05, 3.63) is 23.8 Å². The Hall–Kier alpha value is -0.653. The minimum atomic E-state index is -1.19. The third-order valence-corrected chi connectivity index (χ3v) is 6.40. The van der Waals surface area contributed by atoms with Crippen LogP contribution in [0.2, 0.25) is 19.6 Å². The fraction of sp³-hybridized carbons (Fsp3) is 0.429. The molecule has 0 radical (unpaired) electrons.